The van der Waals surface area contributed by atoms with Crippen molar-refractivity contribution in [3.63, 3.8) is 0 Å². The average molecular weight is 446 g/mol. The summed E-state index contributed by atoms with van der Waals surface area (Å²) in [4.78, 5) is 17.9. The van der Waals surface area contributed by atoms with Crippen LogP contribution >= 0.6 is 11.6 Å². The molecule has 1 saturated carbocycles. The second-order valence-electron chi connectivity index (χ2n) is 9.91. The number of hydrogen-bond acceptors (Lipinski definition) is 2. The summed E-state index contributed by atoms with van der Waals surface area (Å²) in [5, 5.41) is 3.72. The van der Waals surface area contributed by atoms with Gasteiger partial charge in [0.25, 0.3) is 0 Å². The fraction of sp³-hybridized carbons (Fsp3) is 0.654. The molecule has 1 fully saturated rings. The van der Waals surface area contributed by atoms with E-state index in [-0.39, 0.29) is 12.1 Å². The van der Waals surface area contributed by atoms with Gasteiger partial charge in [-0.2, -0.15) is 0 Å². The Morgan fingerprint density at radius 2 is 2.03 bits per heavy atom. The molecule has 5 heteroatoms. The van der Waals surface area contributed by atoms with E-state index in [4.69, 9.17) is 11.6 Å². The Hall–Kier alpha value is -1.52. The highest BCUT2D eigenvalue weighted by Crippen LogP contribution is 2.59. The van der Waals surface area contributed by atoms with Crippen molar-refractivity contribution in [2.75, 3.05) is 31.5 Å². The van der Waals surface area contributed by atoms with Crippen LogP contribution in [-0.2, 0) is 0 Å². The first kappa shape index (κ1) is 24.1. The number of nitrogens with zero attached hydrogens (tertiary/aromatic N) is 2. The molecule has 0 aromatic heterocycles. The summed E-state index contributed by atoms with van der Waals surface area (Å²) in [5.74, 6) is 1.41. The van der Waals surface area contributed by atoms with E-state index >= 15 is 0 Å². The Kier molecular flexibility index (Phi) is 8.09. The van der Waals surface area contributed by atoms with E-state index in [0.717, 1.165) is 57.0 Å². The molecule has 2 bridgehead atoms. The zero-order valence-corrected chi connectivity index (χ0v) is 20.7. The van der Waals surface area contributed by atoms with E-state index in [1.807, 2.05) is 29.2 Å². The predicted molar refractivity (Wildman–Crippen MR) is 132 cm³/mol. The van der Waals surface area contributed by atoms with Crippen molar-refractivity contribution < 1.29 is 4.79 Å². The van der Waals surface area contributed by atoms with Crippen molar-refractivity contribution in [1.29, 1.82) is 0 Å². The number of benzene rings is 1. The molecule has 1 aromatic rings. The fourth-order valence-electron chi connectivity index (χ4n) is 5.35. The Morgan fingerprint density at radius 1 is 1.29 bits per heavy atom. The molecule has 3 aliphatic carbocycles. The SMILES string of the molecule is CCN(CC)CCCC(C)N(CC1=CCC2CC1C2(C)C)C(=O)Nc1cccc(Cl)c1. The lowest BCUT2D eigenvalue weighted by atomic mass is 9.49. The average Bonchev–Trinajstić information content (AvgIpc) is 2.74. The van der Waals surface area contributed by atoms with E-state index in [0.29, 0.717) is 16.4 Å². The van der Waals surface area contributed by atoms with Crippen LogP contribution in [0.1, 0.15) is 60.3 Å². The third-order valence-electron chi connectivity index (χ3n) is 7.80. The Balaban J connectivity index is 1.70. The molecule has 3 unspecified atom stereocenters. The van der Waals surface area contributed by atoms with Crippen LogP contribution in [0.5, 0.6) is 0 Å². The predicted octanol–water partition coefficient (Wildman–Crippen LogP) is 6.68. The van der Waals surface area contributed by atoms with Crippen LogP contribution in [0, 0.1) is 17.3 Å². The van der Waals surface area contributed by atoms with Crippen LogP contribution < -0.4 is 5.32 Å². The highest BCUT2D eigenvalue weighted by molar-refractivity contribution is 6.30. The lowest BCUT2D eigenvalue weighted by molar-refractivity contribution is -0.0103. The monoisotopic (exact) mass is 445 g/mol. The normalized spacial score (nSPS) is 22.5. The third kappa shape index (κ3) is 5.64. The minimum atomic E-state index is -0.0299. The summed E-state index contributed by atoms with van der Waals surface area (Å²) < 4.78 is 0. The summed E-state index contributed by atoms with van der Waals surface area (Å²) >= 11 is 6.13. The lowest BCUT2D eigenvalue weighted by Gasteiger charge is -2.57. The third-order valence-corrected chi connectivity index (χ3v) is 8.03. The van der Waals surface area contributed by atoms with E-state index < -0.39 is 0 Å². The molecule has 0 saturated heterocycles. The van der Waals surface area contributed by atoms with Gasteiger partial charge in [0.2, 0.25) is 0 Å². The molecule has 0 spiro atoms. The summed E-state index contributed by atoms with van der Waals surface area (Å²) in [5.41, 5.74) is 2.56. The van der Waals surface area contributed by atoms with Gasteiger partial charge < -0.3 is 15.1 Å². The molecule has 3 aliphatic rings. The second-order valence-corrected chi connectivity index (χ2v) is 10.3. The highest BCUT2D eigenvalue weighted by atomic mass is 35.5. The summed E-state index contributed by atoms with van der Waals surface area (Å²) in [6.45, 7) is 15.4. The maximum atomic E-state index is 13.4. The zero-order valence-electron chi connectivity index (χ0n) is 20.0. The van der Waals surface area contributed by atoms with Crippen LogP contribution in [0.2, 0.25) is 5.02 Å². The van der Waals surface area contributed by atoms with Gasteiger partial charge in [-0.1, -0.05) is 57.0 Å². The number of allylic oxidation sites excluding steroid dienone is 1. The Morgan fingerprint density at radius 3 is 2.65 bits per heavy atom. The first-order valence-corrected chi connectivity index (χ1v) is 12.4. The molecule has 0 heterocycles. The van der Waals surface area contributed by atoms with Gasteiger partial charge in [0, 0.05) is 23.3 Å². The topological polar surface area (TPSA) is 35.6 Å². The number of halogens is 1. The van der Waals surface area contributed by atoms with Crippen molar-refractivity contribution in [3.8, 4) is 0 Å². The number of carbonyl (C=O) groups is 1. The maximum absolute atomic E-state index is 13.4. The standard InChI is InChI=1S/C26H40ClN3O/c1-6-29(7-2)15-9-10-19(3)30(25(31)28-23-12-8-11-22(27)17-23)18-20-13-14-21-16-24(20)26(21,4)5/h8,11-13,17,19,21,24H,6-7,9-10,14-16,18H2,1-5H3,(H,28,31). The molecule has 2 amide bonds. The number of rotatable bonds is 10. The molecule has 0 aliphatic heterocycles. The van der Waals surface area contributed by atoms with Crippen molar-refractivity contribution in [1.82, 2.24) is 9.80 Å². The number of fused-ring (bicyclic) bond motifs is 1. The number of anilines is 1. The highest BCUT2D eigenvalue weighted by Gasteiger charge is 2.51. The number of carbonyl (C=O) groups excluding carboxylic acids is 1. The van der Waals surface area contributed by atoms with Crippen LogP contribution in [0.15, 0.2) is 35.9 Å². The van der Waals surface area contributed by atoms with Crippen LogP contribution in [0.4, 0.5) is 10.5 Å². The van der Waals surface area contributed by atoms with E-state index in [1.54, 1.807) is 0 Å². The lowest BCUT2D eigenvalue weighted by Crippen LogP contribution is -2.51. The first-order valence-electron chi connectivity index (χ1n) is 12.0. The molecule has 4 nitrogen and oxygen atoms in total. The molecule has 0 radical (unpaired) electrons. The second kappa shape index (κ2) is 10.4. The molecule has 172 valence electrons. The minimum Gasteiger partial charge on any atom is -0.318 e. The van der Waals surface area contributed by atoms with Crippen LogP contribution in [-0.4, -0.2) is 48.1 Å². The smallest absolute Gasteiger partial charge is 0.318 e. The maximum Gasteiger partial charge on any atom is 0.322 e. The van der Waals surface area contributed by atoms with Crippen molar-refractivity contribution in [2.24, 2.45) is 17.3 Å². The van der Waals surface area contributed by atoms with Crippen molar-refractivity contribution in [3.05, 3.63) is 40.9 Å². The summed E-state index contributed by atoms with van der Waals surface area (Å²) in [6, 6.07) is 7.55. The van der Waals surface area contributed by atoms with Gasteiger partial charge in [-0.25, -0.2) is 4.79 Å². The molecular weight excluding hydrogens is 406 g/mol. The van der Waals surface area contributed by atoms with Gasteiger partial charge in [0.15, 0.2) is 0 Å². The Labute approximate surface area is 194 Å². The number of hydrogen-bond donors (Lipinski definition) is 1. The van der Waals surface area contributed by atoms with Gasteiger partial charge in [0.1, 0.15) is 0 Å². The molecule has 31 heavy (non-hydrogen) atoms. The quantitative estimate of drug-likeness (QED) is 0.408. The zero-order chi connectivity index (χ0) is 22.6. The van der Waals surface area contributed by atoms with Gasteiger partial charge in [-0.3, -0.25) is 0 Å². The minimum absolute atomic E-state index is 0.0299. The first-order chi connectivity index (χ1) is 14.8. The van der Waals surface area contributed by atoms with Gasteiger partial charge >= 0.3 is 6.03 Å². The number of urea groups is 1. The van der Waals surface area contributed by atoms with E-state index in [9.17, 15) is 4.79 Å². The molecule has 4 rings (SSSR count). The van der Waals surface area contributed by atoms with Crippen molar-refractivity contribution >= 4 is 23.3 Å². The fourth-order valence-corrected chi connectivity index (χ4v) is 5.54. The Bertz CT molecular complexity index is 787. The van der Waals surface area contributed by atoms with Gasteiger partial charge in [-0.05, 0) is 87.7 Å². The molecule has 1 aromatic carbocycles. The van der Waals surface area contributed by atoms with E-state index in [2.05, 4.69) is 50.9 Å². The molecular formula is C26H40ClN3O. The molecule has 3 atom stereocenters. The molecule has 1 N–H and O–H groups in total. The number of amides is 2. The van der Waals surface area contributed by atoms with Crippen LogP contribution in [0.3, 0.4) is 0 Å². The summed E-state index contributed by atoms with van der Waals surface area (Å²) in [7, 11) is 0. The largest absolute Gasteiger partial charge is 0.322 e. The van der Waals surface area contributed by atoms with Crippen LogP contribution in [0.25, 0.3) is 0 Å². The van der Waals surface area contributed by atoms with Gasteiger partial charge in [-0.15, -0.1) is 0 Å². The van der Waals surface area contributed by atoms with Crippen molar-refractivity contribution in [2.45, 2.75) is 66.3 Å². The number of nitrogens with one attached hydrogen (secondary N) is 1. The van der Waals surface area contributed by atoms with E-state index in [1.165, 1.54) is 12.0 Å². The summed E-state index contributed by atoms with van der Waals surface area (Å²) in [6.07, 6.45) is 6.94. The van der Waals surface area contributed by atoms with Gasteiger partial charge in [0.05, 0.1) is 0 Å².